The minimum Gasteiger partial charge on any atom is -0.369 e. The van der Waals surface area contributed by atoms with E-state index in [0.29, 0.717) is 12.4 Å². The number of nitrogens with two attached hydrogens (primary N) is 1. The number of methoxy groups -OCH3 is 1. The van der Waals surface area contributed by atoms with Crippen molar-refractivity contribution in [1.82, 2.24) is 9.97 Å². The van der Waals surface area contributed by atoms with Gasteiger partial charge in [-0.25, -0.2) is 9.97 Å². The van der Waals surface area contributed by atoms with Gasteiger partial charge in [0.15, 0.2) is 5.82 Å². The van der Waals surface area contributed by atoms with Crippen LogP contribution in [0.15, 0.2) is 42.7 Å². The fraction of sp³-hybridized carbons (Fsp3) is 0.231. The Morgan fingerprint density at radius 1 is 1.18 bits per heavy atom. The van der Waals surface area contributed by atoms with E-state index in [9.17, 15) is 0 Å². The summed E-state index contributed by atoms with van der Waals surface area (Å²) in [7, 11) is 1.65. The molecule has 0 saturated carbocycles. The molecule has 1 aromatic carbocycles. The number of aromatic nitrogens is 2. The Kier molecular flexibility index (Phi) is 3.80. The molecule has 1 atom stereocenters. The van der Waals surface area contributed by atoms with Crippen molar-refractivity contribution in [2.24, 2.45) is 5.73 Å². The highest BCUT2D eigenvalue weighted by Gasteiger charge is 2.15. The maximum absolute atomic E-state index is 5.51. The second-order valence-electron chi connectivity index (χ2n) is 3.68. The molecule has 0 bridgehead atoms. The molecule has 2 rings (SSSR count). The van der Waals surface area contributed by atoms with Gasteiger partial charge in [0.2, 0.25) is 0 Å². The van der Waals surface area contributed by atoms with Crippen molar-refractivity contribution in [2.45, 2.75) is 12.6 Å². The highest BCUT2D eigenvalue weighted by atomic mass is 16.5. The van der Waals surface area contributed by atoms with E-state index in [-0.39, 0.29) is 6.10 Å². The molecule has 0 saturated heterocycles. The summed E-state index contributed by atoms with van der Waals surface area (Å²) in [5, 5.41) is 0. The van der Waals surface area contributed by atoms with Crippen LogP contribution in [-0.2, 0) is 11.3 Å². The van der Waals surface area contributed by atoms with E-state index in [0.717, 1.165) is 11.1 Å². The molecule has 1 aromatic heterocycles. The van der Waals surface area contributed by atoms with Gasteiger partial charge in [-0.3, -0.25) is 0 Å². The lowest BCUT2D eigenvalue weighted by molar-refractivity contribution is 0.129. The number of hydrogen-bond acceptors (Lipinski definition) is 4. The molecule has 0 fully saturated rings. The highest BCUT2D eigenvalue weighted by molar-refractivity contribution is 5.23. The summed E-state index contributed by atoms with van der Waals surface area (Å²) in [5.74, 6) is 0.649. The van der Waals surface area contributed by atoms with E-state index in [1.165, 1.54) is 0 Å². The standard InChI is InChI=1S/C13H15N3O/c1-17-12(11-5-3-2-4-6-11)13-15-8-10(7-14)9-16-13/h2-6,8-9,12H,7,14H2,1H3. The maximum Gasteiger partial charge on any atom is 0.161 e. The van der Waals surface area contributed by atoms with Crippen LogP contribution in [0.1, 0.15) is 23.1 Å². The van der Waals surface area contributed by atoms with Crippen molar-refractivity contribution in [3.8, 4) is 0 Å². The average molecular weight is 229 g/mol. The van der Waals surface area contributed by atoms with Crippen LogP contribution in [0.3, 0.4) is 0 Å². The lowest BCUT2D eigenvalue weighted by atomic mass is 10.1. The summed E-state index contributed by atoms with van der Waals surface area (Å²) in [6.45, 7) is 0.448. The van der Waals surface area contributed by atoms with Crippen LogP contribution < -0.4 is 5.73 Å². The van der Waals surface area contributed by atoms with Crippen molar-refractivity contribution in [3.05, 3.63) is 59.7 Å². The Balaban J connectivity index is 2.29. The third-order valence-electron chi connectivity index (χ3n) is 2.53. The van der Waals surface area contributed by atoms with Crippen LogP contribution >= 0.6 is 0 Å². The predicted octanol–water partition coefficient (Wildman–Crippen LogP) is 1.67. The summed E-state index contributed by atoms with van der Waals surface area (Å²) in [6, 6.07) is 9.89. The van der Waals surface area contributed by atoms with Gasteiger partial charge < -0.3 is 10.5 Å². The third-order valence-corrected chi connectivity index (χ3v) is 2.53. The number of benzene rings is 1. The molecule has 2 N–H and O–H groups in total. The third kappa shape index (κ3) is 2.67. The summed E-state index contributed by atoms with van der Waals surface area (Å²) in [5.41, 5.74) is 7.46. The fourth-order valence-corrected chi connectivity index (χ4v) is 1.62. The number of nitrogens with zero attached hydrogens (tertiary/aromatic N) is 2. The zero-order chi connectivity index (χ0) is 12.1. The topological polar surface area (TPSA) is 61.0 Å². The van der Waals surface area contributed by atoms with Gasteiger partial charge in [-0.15, -0.1) is 0 Å². The Hall–Kier alpha value is -1.78. The van der Waals surface area contributed by atoms with E-state index in [1.807, 2.05) is 30.3 Å². The normalized spacial score (nSPS) is 12.4. The van der Waals surface area contributed by atoms with E-state index < -0.39 is 0 Å². The lowest BCUT2D eigenvalue weighted by Crippen LogP contribution is -2.09. The van der Waals surface area contributed by atoms with E-state index in [4.69, 9.17) is 10.5 Å². The average Bonchev–Trinajstić information content (AvgIpc) is 2.42. The molecule has 4 nitrogen and oxygen atoms in total. The first-order valence-electron chi connectivity index (χ1n) is 5.43. The van der Waals surface area contributed by atoms with Crippen molar-refractivity contribution < 1.29 is 4.74 Å². The Bertz CT molecular complexity index is 456. The first-order chi connectivity index (χ1) is 8.35. The second-order valence-corrected chi connectivity index (χ2v) is 3.68. The molecule has 88 valence electrons. The lowest BCUT2D eigenvalue weighted by Gasteiger charge is -2.14. The van der Waals surface area contributed by atoms with E-state index >= 15 is 0 Å². The molecule has 0 spiro atoms. The number of ether oxygens (including phenoxy) is 1. The Morgan fingerprint density at radius 2 is 1.82 bits per heavy atom. The molecule has 1 unspecified atom stereocenters. The molecule has 2 aromatic rings. The van der Waals surface area contributed by atoms with E-state index in [1.54, 1.807) is 19.5 Å². The molecular weight excluding hydrogens is 214 g/mol. The summed E-state index contributed by atoms with van der Waals surface area (Å²) < 4.78 is 5.44. The van der Waals surface area contributed by atoms with Gasteiger partial charge in [0.25, 0.3) is 0 Å². The molecule has 0 amide bonds. The quantitative estimate of drug-likeness (QED) is 0.866. The predicted molar refractivity (Wildman–Crippen MR) is 65.2 cm³/mol. The van der Waals surface area contributed by atoms with Crippen molar-refractivity contribution in [3.63, 3.8) is 0 Å². The molecule has 0 radical (unpaired) electrons. The van der Waals surface area contributed by atoms with Crippen LogP contribution in [0.25, 0.3) is 0 Å². The van der Waals surface area contributed by atoms with Gasteiger partial charge in [0.1, 0.15) is 6.10 Å². The molecule has 0 aliphatic heterocycles. The largest absolute Gasteiger partial charge is 0.369 e. The highest BCUT2D eigenvalue weighted by Crippen LogP contribution is 2.21. The Labute approximate surface area is 100 Å². The zero-order valence-corrected chi connectivity index (χ0v) is 9.71. The summed E-state index contributed by atoms with van der Waals surface area (Å²) >= 11 is 0. The minimum atomic E-state index is -0.233. The number of rotatable bonds is 4. The van der Waals surface area contributed by atoms with Crippen molar-refractivity contribution in [2.75, 3.05) is 7.11 Å². The van der Waals surface area contributed by atoms with Gasteiger partial charge in [-0.05, 0) is 5.56 Å². The zero-order valence-electron chi connectivity index (χ0n) is 9.71. The van der Waals surface area contributed by atoms with Gasteiger partial charge in [0.05, 0.1) is 0 Å². The van der Waals surface area contributed by atoms with Crippen LogP contribution in [0.5, 0.6) is 0 Å². The van der Waals surface area contributed by atoms with E-state index in [2.05, 4.69) is 9.97 Å². The monoisotopic (exact) mass is 229 g/mol. The summed E-state index contributed by atoms with van der Waals surface area (Å²) in [4.78, 5) is 8.56. The van der Waals surface area contributed by atoms with Gasteiger partial charge in [-0.2, -0.15) is 0 Å². The molecule has 1 heterocycles. The van der Waals surface area contributed by atoms with Crippen LogP contribution in [0, 0.1) is 0 Å². The van der Waals surface area contributed by atoms with Crippen molar-refractivity contribution in [1.29, 1.82) is 0 Å². The molecule has 0 aliphatic rings. The molecular formula is C13H15N3O. The molecule has 0 aliphatic carbocycles. The first kappa shape index (κ1) is 11.7. The smallest absolute Gasteiger partial charge is 0.161 e. The Morgan fingerprint density at radius 3 is 2.35 bits per heavy atom. The van der Waals surface area contributed by atoms with Crippen LogP contribution in [-0.4, -0.2) is 17.1 Å². The number of hydrogen-bond donors (Lipinski definition) is 1. The van der Waals surface area contributed by atoms with Gasteiger partial charge in [-0.1, -0.05) is 30.3 Å². The SMILES string of the molecule is COC(c1ccccc1)c1ncc(CN)cn1. The van der Waals surface area contributed by atoms with Gasteiger partial charge in [0, 0.05) is 31.6 Å². The molecule has 4 heteroatoms. The maximum atomic E-state index is 5.51. The fourth-order valence-electron chi connectivity index (χ4n) is 1.62. The first-order valence-corrected chi connectivity index (χ1v) is 5.43. The summed E-state index contributed by atoms with van der Waals surface area (Å²) in [6.07, 6.45) is 3.23. The van der Waals surface area contributed by atoms with Crippen molar-refractivity contribution >= 4 is 0 Å². The van der Waals surface area contributed by atoms with Crippen LogP contribution in [0.4, 0.5) is 0 Å². The van der Waals surface area contributed by atoms with Gasteiger partial charge >= 0.3 is 0 Å². The minimum absolute atomic E-state index is 0.233. The second kappa shape index (κ2) is 5.52. The molecule has 17 heavy (non-hydrogen) atoms. The van der Waals surface area contributed by atoms with Crippen LogP contribution in [0.2, 0.25) is 0 Å².